The first kappa shape index (κ1) is 14.4. The SMILES string of the molecule is OCCCNc1ncnc2scc(-c3ccc(Br)cc3)c12. The molecular formula is C15H14BrN3OS. The Balaban J connectivity index is 2.04. The zero-order valence-electron chi connectivity index (χ0n) is 11.2. The van der Waals surface area contributed by atoms with Gasteiger partial charge in [0.25, 0.3) is 0 Å². The fourth-order valence-corrected chi connectivity index (χ4v) is 3.32. The molecule has 108 valence electrons. The Morgan fingerprint density at radius 1 is 1.19 bits per heavy atom. The molecule has 21 heavy (non-hydrogen) atoms. The third-order valence-corrected chi connectivity index (χ3v) is 4.57. The van der Waals surface area contributed by atoms with Crippen LogP contribution in [0.3, 0.4) is 0 Å². The van der Waals surface area contributed by atoms with Gasteiger partial charge in [-0.3, -0.25) is 0 Å². The average molecular weight is 364 g/mol. The fraction of sp³-hybridized carbons (Fsp3) is 0.200. The Hall–Kier alpha value is -1.50. The van der Waals surface area contributed by atoms with Crippen molar-refractivity contribution in [3.63, 3.8) is 0 Å². The molecule has 3 rings (SSSR count). The topological polar surface area (TPSA) is 58.0 Å². The zero-order valence-corrected chi connectivity index (χ0v) is 13.6. The summed E-state index contributed by atoms with van der Waals surface area (Å²) in [6, 6.07) is 8.22. The van der Waals surface area contributed by atoms with Crippen LogP contribution in [0.25, 0.3) is 21.3 Å². The highest BCUT2D eigenvalue weighted by atomic mass is 79.9. The average Bonchev–Trinajstić information content (AvgIpc) is 2.93. The monoisotopic (exact) mass is 363 g/mol. The summed E-state index contributed by atoms with van der Waals surface area (Å²) >= 11 is 5.07. The van der Waals surface area contributed by atoms with Crippen molar-refractivity contribution in [2.75, 3.05) is 18.5 Å². The highest BCUT2D eigenvalue weighted by Crippen LogP contribution is 2.36. The van der Waals surface area contributed by atoms with E-state index in [-0.39, 0.29) is 6.61 Å². The van der Waals surface area contributed by atoms with Gasteiger partial charge in [-0.25, -0.2) is 9.97 Å². The number of aliphatic hydroxyl groups excluding tert-OH is 1. The minimum Gasteiger partial charge on any atom is -0.396 e. The minimum atomic E-state index is 0.171. The van der Waals surface area contributed by atoms with E-state index in [1.165, 1.54) is 0 Å². The van der Waals surface area contributed by atoms with Crippen LogP contribution in [0.15, 0.2) is 40.4 Å². The lowest BCUT2D eigenvalue weighted by Crippen LogP contribution is -2.05. The molecular weight excluding hydrogens is 350 g/mol. The molecule has 6 heteroatoms. The molecule has 4 nitrogen and oxygen atoms in total. The van der Waals surface area contributed by atoms with Gasteiger partial charge in [-0.15, -0.1) is 11.3 Å². The van der Waals surface area contributed by atoms with Crippen LogP contribution in [0.1, 0.15) is 6.42 Å². The van der Waals surface area contributed by atoms with Gasteiger partial charge >= 0.3 is 0 Å². The zero-order chi connectivity index (χ0) is 14.7. The van der Waals surface area contributed by atoms with Gasteiger partial charge < -0.3 is 10.4 Å². The smallest absolute Gasteiger partial charge is 0.138 e. The summed E-state index contributed by atoms with van der Waals surface area (Å²) in [5.74, 6) is 0.826. The molecule has 2 N–H and O–H groups in total. The second kappa shape index (κ2) is 6.51. The summed E-state index contributed by atoms with van der Waals surface area (Å²) in [6.07, 6.45) is 2.27. The first-order valence-electron chi connectivity index (χ1n) is 6.62. The molecule has 0 aliphatic carbocycles. The van der Waals surface area contributed by atoms with E-state index in [9.17, 15) is 0 Å². The van der Waals surface area contributed by atoms with Crippen molar-refractivity contribution in [3.05, 3.63) is 40.4 Å². The Bertz CT molecular complexity index is 742. The van der Waals surface area contributed by atoms with Crippen molar-refractivity contribution >= 4 is 43.3 Å². The first-order valence-corrected chi connectivity index (χ1v) is 8.29. The van der Waals surface area contributed by atoms with Crippen LogP contribution in [-0.4, -0.2) is 28.2 Å². The van der Waals surface area contributed by atoms with E-state index in [1.54, 1.807) is 17.7 Å². The van der Waals surface area contributed by atoms with Gasteiger partial charge in [0.15, 0.2) is 0 Å². The maximum absolute atomic E-state index is 8.90. The molecule has 0 saturated heterocycles. The summed E-state index contributed by atoms with van der Waals surface area (Å²) in [5.41, 5.74) is 2.28. The summed E-state index contributed by atoms with van der Waals surface area (Å²) in [6.45, 7) is 0.864. The molecule has 0 radical (unpaired) electrons. The number of anilines is 1. The van der Waals surface area contributed by atoms with Gasteiger partial charge in [0.05, 0.1) is 5.39 Å². The van der Waals surface area contributed by atoms with Crippen molar-refractivity contribution in [1.29, 1.82) is 0 Å². The van der Waals surface area contributed by atoms with E-state index in [0.717, 1.165) is 31.6 Å². The Labute approximate surface area is 135 Å². The third kappa shape index (κ3) is 3.07. The van der Waals surface area contributed by atoms with Crippen molar-refractivity contribution in [1.82, 2.24) is 9.97 Å². The van der Waals surface area contributed by atoms with Gasteiger partial charge in [-0.2, -0.15) is 0 Å². The van der Waals surface area contributed by atoms with Crippen LogP contribution >= 0.6 is 27.3 Å². The number of rotatable bonds is 5. The second-order valence-corrected chi connectivity index (χ2v) is 6.34. The van der Waals surface area contributed by atoms with E-state index in [0.29, 0.717) is 13.0 Å². The van der Waals surface area contributed by atoms with E-state index >= 15 is 0 Å². The molecule has 2 aromatic heterocycles. The van der Waals surface area contributed by atoms with Crippen molar-refractivity contribution < 1.29 is 5.11 Å². The van der Waals surface area contributed by atoms with Crippen LogP contribution in [0, 0.1) is 0 Å². The molecule has 0 bridgehead atoms. The summed E-state index contributed by atoms with van der Waals surface area (Å²) in [4.78, 5) is 9.66. The number of hydrogen-bond donors (Lipinski definition) is 2. The lowest BCUT2D eigenvalue weighted by Gasteiger charge is -2.07. The molecule has 0 unspecified atom stereocenters. The molecule has 0 aliphatic rings. The molecule has 0 aliphatic heterocycles. The number of benzene rings is 1. The molecule has 3 aromatic rings. The predicted molar refractivity (Wildman–Crippen MR) is 90.7 cm³/mol. The summed E-state index contributed by atoms with van der Waals surface area (Å²) in [7, 11) is 0. The number of nitrogens with zero attached hydrogens (tertiary/aromatic N) is 2. The van der Waals surface area contributed by atoms with Gasteiger partial charge in [0, 0.05) is 28.6 Å². The van der Waals surface area contributed by atoms with Crippen LogP contribution in [0.4, 0.5) is 5.82 Å². The molecule has 2 heterocycles. The van der Waals surface area contributed by atoms with Gasteiger partial charge in [0.2, 0.25) is 0 Å². The van der Waals surface area contributed by atoms with Gasteiger partial charge in [-0.1, -0.05) is 28.1 Å². The van der Waals surface area contributed by atoms with Crippen molar-refractivity contribution in [2.45, 2.75) is 6.42 Å². The Kier molecular flexibility index (Phi) is 4.48. The number of aliphatic hydroxyl groups is 1. The van der Waals surface area contributed by atoms with Crippen molar-refractivity contribution in [2.24, 2.45) is 0 Å². The van der Waals surface area contributed by atoms with E-state index < -0.39 is 0 Å². The fourth-order valence-electron chi connectivity index (χ4n) is 2.14. The number of thiophene rings is 1. The number of hydrogen-bond acceptors (Lipinski definition) is 5. The van der Waals surface area contributed by atoms with Crippen LogP contribution in [-0.2, 0) is 0 Å². The summed E-state index contributed by atoms with van der Waals surface area (Å²) < 4.78 is 1.06. The van der Waals surface area contributed by atoms with Crippen LogP contribution < -0.4 is 5.32 Å². The molecule has 0 spiro atoms. The van der Waals surface area contributed by atoms with E-state index in [1.807, 2.05) is 12.1 Å². The lowest BCUT2D eigenvalue weighted by atomic mass is 10.1. The van der Waals surface area contributed by atoms with Gasteiger partial charge in [-0.05, 0) is 24.1 Å². The molecule has 1 aromatic carbocycles. The Morgan fingerprint density at radius 3 is 2.76 bits per heavy atom. The van der Waals surface area contributed by atoms with Crippen LogP contribution in [0.5, 0.6) is 0 Å². The number of aromatic nitrogens is 2. The van der Waals surface area contributed by atoms with Gasteiger partial charge in [0.1, 0.15) is 17.0 Å². The number of halogens is 1. The Morgan fingerprint density at radius 2 is 2.00 bits per heavy atom. The molecule has 0 atom stereocenters. The van der Waals surface area contributed by atoms with Crippen LogP contribution in [0.2, 0.25) is 0 Å². The van der Waals surface area contributed by atoms with E-state index in [2.05, 4.69) is 48.7 Å². The summed E-state index contributed by atoms with van der Waals surface area (Å²) in [5, 5.41) is 15.3. The third-order valence-electron chi connectivity index (χ3n) is 3.15. The lowest BCUT2D eigenvalue weighted by molar-refractivity contribution is 0.292. The predicted octanol–water partition coefficient (Wildman–Crippen LogP) is 3.92. The maximum Gasteiger partial charge on any atom is 0.138 e. The van der Waals surface area contributed by atoms with Crippen molar-refractivity contribution in [3.8, 4) is 11.1 Å². The quantitative estimate of drug-likeness (QED) is 0.674. The van der Waals surface area contributed by atoms with E-state index in [4.69, 9.17) is 5.11 Å². The minimum absolute atomic E-state index is 0.171. The standard InChI is InChI=1S/C15H14BrN3OS/c16-11-4-2-10(3-5-11)12-8-21-15-13(12)14(18-9-19-15)17-6-1-7-20/h2-5,8-9,20H,1,6-7H2,(H,17,18,19). The number of nitrogens with one attached hydrogen (secondary N) is 1. The second-order valence-electron chi connectivity index (χ2n) is 4.56. The number of fused-ring (bicyclic) bond motifs is 1. The molecule has 0 amide bonds. The first-order chi connectivity index (χ1) is 10.3. The largest absolute Gasteiger partial charge is 0.396 e. The molecule has 0 saturated carbocycles. The maximum atomic E-state index is 8.90. The highest BCUT2D eigenvalue weighted by Gasteiger charge is 2.12. The highest BCUT2D eigenvalue weighted by molar-refractivity contribution is 9.10. The normalized spacial score (nSPS) is 11.0. The molecule has 0 fully saturated rings.